The molecule has 2 heterocycles. The fourth-order valence-corrected chi connectivity index (χ4v) is 7.84. The highest BCUT2D eigenvalue weighted by Gasteiger charge is 2.32. The molecule has 0 saturated carbocycles. The van der Waals surface area contributed by atoms with Crippen molar-refractivity contribution < 1.29 is 14.3 Å². The molecule has 1 amide bonds. The molecule has 3 aromatic carbocycles. The Labute approximate surface area is 275 Å². The number of ether oxygens (including phenoxy) is 2. The maximum absolute atomic E-state index is 14.1. The molecule has 4 aromatic rings. The maximum Gasteiger partial charge on any atom is 0.271 e. The highest BCUT2D eigenvalue weighted by molar-refractivity contribution is 14.1. The van der Waals surface area contributed by atoms with E-state index in [4.69, 9.17) is 14.5 Å². The minimum Gasteiger partial charge on any atom is -0.494 e. The number of carbonyl (C=O) groups excluding carboxylic acids is 1. The quantitative estimate of drug-likeness (QED) is 0.213. The number of fused-ring (bicyclic) bond motifs is 1. The molecule has 1 atom stereocenters. The highest BCUT2D eigenvalue weighted by atomic mass is 127. The molecule has 0 saturated heterocycles. The third-order valence-electron chi connectivity index (χ3n) is 6.48. The van der Waals surface area contributed by atoms with E-state index in [-0.39, 0.29) is 17.6 Å². The summed E-state index contributed by atoms with van der Waals surface area (Å²) in [6.45, 7) is 8.28. The summed E-state index contributed by atoms with van der Waals surface area (Å²) in [5.41, 5.74) is 3.12. The van der Waals surface area contributed by atoms with Crippen molar-refractivity contribution >= 4 is 74.2 Å². The fourth-order valence-electron chi connectivity index (χ4n) is 4.72. The number of amides is 1. The molecule has 216 valence electrons. The lowest BCUT2D eigenvalue weighted by molar-refractivity contribution is -0.113. The molecule has 1 N–H and O–H groups in total. The average Bonchev–Trinajstić information content (AvgIpc) is 3.25. The summed E-state index contributed by atoms with van der Waals surface area (Å²) in [6, 6.07) is 20.1. The van der Waals surface area contributed by atoms with Crippen LogP contribution in [0, 0.1) is 7.14 Å². The van der Waals surface area contributed by atoms with Crippen LogP contribution in [0.25, 0.3) is 6.08 Å². The van der Waals surface area contributed by atoms with Gasteiger partial charge in [-0.3, -0.25) is 14.2 Å². The summed E-state index contributed by atoms with van der Waals surface area (Å²) in [5.74, 6) is 1.25. The number of thiazole rings is 1. The summed E-state index contributed by atoms with van der Waals surface area (Å²) < 4.78 is 15.7. The Kier molecular flexibility index (Phi) is 9.53. The summed E-state index contributed by atoms with van der Waals surface area (Å²) >= 11 is 5.84. The SMILES string of the molecule is CCOc1ccc([C@H]2C(C(=O)Nc3ccccc3)=C(C)N=c3s/c(=C\c4cc(I)c(OC(C)C)c(I)c4)c(=O)n32)cc1. The van der Waals surface area contributed by atoms with Crippen molar-refractivity contribution in [2.75, 3.05) is 11.9 Å². The number of benzene rings is 3. The van der Waals surface area contributed by atoms with Crippen LogP contribution in [-0.4, -0.2) is 23.2 Å². The van der Waals surface area contributed by atoms with Crippen LogP contribution in [0.3, 0.4) is 0 Å². The Morgan fingerprint density at radius 1 is 1.10 bits per heavy atom. The Bertz CT molecular complexity index is 1820. The molecule has 7 nitrogen and oxygen atoms in total. The van der Waals surface area contributed by atoms with Gasteiger partial charge in [-0.15, -0.1) is 0 Å². The van der Waals surface area contributed by atoms with E-state index in [1.54, 1.807) is 4.57 Å². The van der Waals surface area contributed by atoms with E-state index < -0.39 is 6.04 Å². The Morgan fingerprint density at radius 2 is 1.76 bits per heavy atom. The van der Waals surface area contributed by atoms with Crippen LogP contribution in [0.2, 0.25) is 0 Å². The van der Waals surface area contributed by atoms with Crippen molar-refractivity contribution in [3.05, 3.63) is 116 Å². The van der Waals surface area contributed by atoms with E-state index in [0.29, 0.717) is 32.9 Å². The zero-order chi connectivity index (χ0) is 30.0. The molecule has 42 heavy (non-hydrogen) atoms. The molecular weight excluding hydrogens is 776 g/mol. The largest absolute Gasteiger partial charge is 0.494 e. The smallest absolute Gasteiger partial charge is 0.271 e. The molecule has 1 aromatic heterocycles. The van der Waals surface area contributed by atoms with Crippen molar-refractivity contribution in [1.29, 1.82) is 0 Å². The molecule has 0 bridgehead atoms. The van der Waals surface area contributed by atoms with Crippen LogP contribution >= 0.6 is 56.5 Å². The van der Waals surface area contributed by atoms with Crippen LogP contribution in [0.5, 0.6) is 11.5 Å². The maximum atomic E-state index is 14.1. The van der Waals surface area contributed by atoms with Crippen molar-refractivity contribution in [2.45, 2.75) is 39.8 Å². The minimum atomic E-state index is -0.662. The lowest BCUT2D eigenvalue weighted by Gasteiger charge is -2.25. The molecule has 0 aliphatic carbocycles. The predicted octanol–water partition coefficient (Wildman–Crippen LogP) is 6.27. The number of allylic oxidation sites excluding steroid dienone is 1. The lowest BCUT2D eigenvalue weighted by Crippen LogP contribution is -2.40. The van der Waals surface area contributed by atoms with Crippen LogP contribution in [-0.2, 0) is 4.79 Å². The van der Waals surface area contributed by atoms with Gasteiger partial charge in [-0.25, -0.2) is 4.99 Å². The molecule has 0 unspecified atom stereocenters. The van der Waals surface area contributed by atoms with Gasteiger partial charge >= 0.3 is 0 Å². The van der Waals surface area contributed by atoms with Gasteiger partial charge in [-0.2, -0.15) is 0 Å². The molecule has 10 heteroatoms. The third-order valence-corrected chi connectivity index (χ3v) is 9.06. The number of nitrogens with zero attached hydrogens (tertiary/aromatic N) is 2. The topological polar surface area (TPSA) is 81.9 Å². The second-order valence-corrected chi connectivity index (χ2v) is 13.2. The zero-order valence-electron chi connectivity index (χ0n) is 23.5. The second-order valence-electron chi connectivity index (χ2n) is 9.88. The lowest BCUT2D eigenvalue weighted by atomic mass is 9.95. The van der Waals surface area contributed by atoms with Crippen LogP contribution in [0.4, 0.5) is 5.69 Å². The molecule has 0 spiro atoms. The van der Waals surface area contributed by atoms with Crippen LogP contribution in [0.1, 0.15) is 44.9 Å². The first kappa shape index (κ1) is 30.5. The number of aromatic nitrogens is 1. The van der Waals surface area contributed by atoms with E-state index in [0.717, 1.165) is 29.8 Å². The standard InChI is InChI=1S/C32H29I2N3O4S/c1-5-40-23-13-11-21(12-14-23)28-27(30(38)36-22-9-7-6-8-10-22)19(4)35-32-37(28)31(39)26(42-32)17-20-15-24(33)29(25(34)16-20)41-18(2)3/h6-18,28H,5H2,1-4H3,(H,36,38)/b26-17-/t28-/m0/s1. The molecule has 5 rings (SSSR count). The number of nitrogens with one attached hydrogen (secondary N) is 1. The molecule has 1 aliphatic rings. The number of halogens is 2. The van der Waals surface area contributed by atoms with Gasteiger partial charge in [-0.05, 0) is 126 Å². The van der Waals surface area contributed by atoms with E-state index in [1.165, 1.54) is 11.3 Å². The average molecular weight is 805 g/mol. The number of rotatable bonds is 8. The molecular formula is C32H29I2N3O4S. The normalized spacial score (nSPS) is 14.9. The molecule has 0 radical (unpaired) electrons. The first-order chi connectivity index (χ1) is 20.2. The summed E-state index contributed by atoms with van der Waals surface area (Å²) in [5, 5.41) is 2.99. The first-order valence-corrected chi connectivity index (χ1v) is 16.4. The van der Waals surface area contributed by atoms with E-state index in [1.807, 2.05) is 101 Å². The van der Waals surface area contributed by atoms with E-state index >= 15 is 0 Å². The van der Waals surface area contributed by atoms with Gasteiger partial charge < -0.3 is 14.8 Å². The van der Waals surface area contributed by atoms with Crippen molar-refractivity contribution in [2.24, 2.45) is 4.99 Å². The first-order valence-electron chi connectivity index (χ1n) is 13.4. The van der Waals surface area contributed by atoms with Gasteiger partial charge in [0.1, 0.15) is 11.5 Å². The van der Waals surface area contributed by atoms with Crippen LogP contribution < -0.4 is 29.7 Å². The number of para-hydroxylation sites is 1. The minimum absolute atomic E-state index is 0.0562. The van der Waals surface area contributed by atoms with Crippen molar-refractivity contribution in [3.8, 4) is 11.5 Å². The van der Waals surface area contributed by atoms with Gasteiger partial charge in [0.25, 0.3) is 11.5 Å². The number of anilines is 1. The molecule has 1 aliphatic heterocycles. The zero-order valence-corrected chi connectivity index (χ0v) is 28.6. The van der Waals surface area contributed by atoms with Crippen molar-refractivity contribution in [1.82, 2.24) is 4.57 Å². The Balaban J connectivity index is 1.63. The third kappa shape index (κ3) is 6.50. The van der Waals surface area contributed by atoms with Gasteiger partial charge in [0, 0.05) is 5.69 Å². The summed E-state index contributed by atoms with van der Waals surface area (Å²) in [6.07, 6.45) is 1.94. The predicted molar refractivity (Wildman–Crippen MR) is 184 cm³/mol. The van der Waals surface area contributed by atoms with E-state index in [2.05, 4.69) is 50.5 Å². The summed E-state index contributed by atoms with van der Waals surface area (Å²) in [7, 11) is 0. The number of carbonyl (C=O) groups is 1. The van der Waals surface area contributed by atoms with Gasteiger partial charge in [0.2, 0.25) is 0 Å². The monoisotopic (exact) mass is 805 g/mol. The molecule has 0 fully saturated rings. The van der Waals surface area contributed by atoms with Gasteiger partial charge in [0.15, 0.2) is 4.80 Å². The fraction of sp³-hybridized carbons (Fsp3) is 0.219. The second kappa shape index (κ2) is 13.1. The van der Waals surface area contributed by atoms with Crippen LogP contribution in [0.15, 0.2) is 87.8 Å². The van der Waals surface area contributed by atoms with Crippen molar-refractivity contribution in [3.63, 3.8) is 0 Å². The van der Waals surface area contributed by atoms with E-state index in [9.17, 15) is 9.59 Å². The number of hydrogen-bond acceptors (Lipinski definition) is 6. The summed E-state index contributed by atoms with van der Waals surface area (Å²) in [4.78, 5) is 33.1. The Hall–Kier alpha value is -2.97. The van der Waals surface area contributed by atoms with Gasteiger partial charge in [0.05, 0.1) is 41.7 Å². The number of hydrogen-bond donors (Lipinski definition) is 1. The Morgan fingerprint density at radius 3 is 2.38 bits per heavy atom. The highest BCUT2D eigenvalue weighted by Crippen LogP contribution is 2.32. The van der Waals surface area contributed by atoms with Gasteiger partial charge in [-0.1, -0.05) is 41.7 Å².